The second kappa shape index (κ2) is 4.89. The lowest BCUT2D eigenvalue weighted by Gasteiger charge is -2.01. The third-order valence-electron chi connectivity index (χ3n) is 1.88. The van der Waals surface area contributed by atoms with Crippen LogP contribution in [0.15, 0.2) is 36.9 Å². The number of sulfone groups is 1. The van der Waals surface area contributed by atoms with Gasteiger partial charge in [0.25, 0.3) is 5.69 Å². The van der Waals surface area contributed by atoms with Crippen LogP contribution in [0.5, 0.6) is 0 Å². The molecule has 1 aromatic carbocycles. The Labute approximate surface area is 93.5 Å². The molecule has 0 aromatic heterocycles. The van der Waals surface area contributed by atoms with Crippen molar-refractivity contribution in [2.24, 2.45) is 0 Å². The first kappa shape index (κ1) is 12.4. The number of nitro groups is 1. The van der Waals surface area contributed by atoms with E-state index in [-0.39, 0.29) is 17.2 Å². The number of nitro benzene ring substituents is 1. The summed E-state index contributed by atoms with van der Waals surface area (Å²) in [6.45, 7) is 3.35. The van der Waals surface area contributed by atoms with E-state index >= 15 is 0 Å². The minimum absolute atomic E-state index is 0.105. The molecule has 0 atom stereocenters. The number of benzene rings is 1. The van der Waals surface area contributed by atoms with Gasteiger partial charge in [0.05, 0.1) is 16.4 Å². The topological polar surface area (TPSA) is 77.3 Å². The number of hydrogen-bond acceptors (Lipinski definition) is 4. The Morgan fingerprint density at radius 2 is 2.12 bits per heavy atom. The summed E-state index contributed by atoms with van der Waals surface area (Å²) in [6.07, 6.45) is 1.30. The van der Waals surface area contributed by atoms with Gasteiger partial charge in [0.2, 0.25) is 0 Å². The lowest BCUT2D eigenvalue weighted by atomic mass is 10.2. The summed E-state index contributed by atoms with van der Waals surface area (Å²) in [5.41, 5.74) is 0.308. The van der Waals surface area contributed by atoms with E-state index in [0.29, 0.717) is 5.56 Å². The van der Waals surface area contributed by atoms with E-state index in [4.69, 9.17) is 0 Å². The molecule has 0 amide bonds. The predicted octanol–water partition coefficient (Wildman–Crippen LogP) is 1.70. The lowest BCUT2D eigenvalue weighted by Crippen LogP contribution is -2.07. The molecule has 0 fully saturated rings. The van der Waals surface area contributed by atoms with Crippen LogP contribution < -0.4 is 0 Å². The van der Waals surface area contributed by atoms with Gasteiger partial charge in [-0.25, -0.2) is 8.42 Å². The van der Waals surface area contributed by atoms with Crippen LogP contribution in [0.3, 0.4) is 0 Å². The van der Waals surface area contributed by atoms with E-state index in [0.717, 1.165) is 0 Å². The molecule has 0 aliphatic rings. The van der Waals surface area contributed by atoms with Crippen molar-refractivity contribution in [3.05, 3.63) is 52.6 Å². The van der Waals surface area contributed by atoms with Gasteiger partial charge >= 0.3 is 0 Å². The van der Waals surface area contributed by atoms with Crippen LogP contribution >= 0.6 is 0 Å². The van der Waals surface area contributed by atoms with E-state index in [9.17, 15) is 18.5 Å². The fourth-order valence-electron chi connectivity index (χ4n) is 1.25. The molecule has 0 saturated carbocycles. The quantitative estimate of drug-likeness (QED) is 0.446. The van der Waals surface area contributed by atoms with Crippen molar-refractivity contribution in [2.45, 2.75) is 5.75 Å². The normalized spacial score (nSPS) is 11.0. The van der Waals surface area contributed by atoms with Crippen molar-refractivity contribution < 1.29 is 13.3 Å². The highest BCUT2D eigenvalue weighted by atomic mass is 32.2. The maximum absolute atomic E-state index is 11.4. The highest BCUT2D eigenvalue weighted by Gasteiger charge is 2.12. The van der Waals surface area contributed by atoms with Crippen LogP contribution in [0.25, 0.3) is 0 Å². The Bertz CT molecular complexity index is 507. The summed E-state index contributed by atoms with van der Waals surface area (Å²) in [5.74, 6) is -0.337. The third-order valence-corrected chi connectivity index (χ3v) is 3.40. The Morgan fingerprint density at radius 1 is 1.44 bits per heavy atom. The van der Waals surface area contributed by atoms with Crippen molar-refractivity contribution in [1.82, 2.24) is 0 Å². The molecule has 0 N–H and O–H groups in total. The molecule has 0 bridgehead atoms. The molecule has 0 spiro atoms. The van der Waals surface area contributed by atoms with Gasteiger partial charge in [0.1, 0.15) is 0 Å². The van der Waals surface area contributed by atoms with Crippen molar-refractivity contribution in [2.75, 3.05) is 5.75 Å². The van der Waals surface area contributed by atoms with Crippen LogP contribution in [0.4, 0.5) is 5.69 Å². The van der Waals surface area contributed by atoms with E-state index < -0.39 is 14.8 Å². The van der Waals surface area contributed by atoms with E-state index in [1.165, 1.54) is 24.3 Å². The van der Waals surface area contributed by atoms with Crippen LogP contribution in [0.1, 0.15) is 5.56 Å². The first-order valence-electron chi connectivity index (χ1n) is 4.49. The molecular weight excluding hydrogens is 230 g/mol. The molecule has 0 aliphatic carbocycles. The van der Waals surface area contributed by atoms with Crippen molar-refractivity contribution in [3.63, 3.8) is 0 Å². The van der Waals surface area contributed by atoms with Crippen LogP contribution in [0.2, 0.25) is 0 Å². The second-order valence-corrected chi connectivity index (χ2v) is 5.38. The molecule has 5 nitrogen and oxygen atoms in total. The second-order valence-electron chi connectivity index (χ2n) is 3.27. The average molecular weight is 241 g/mol. The van der Waals surface area contributed by atoms with Crippen LogP contribution in [-0.2, 0) is 15.6 Å². The zero-order valence-electron chi connectivity index (χ0n) is 8.50. The van der Waals surface area contributed by atoms with Gasteiger partial charge in [-0.05, 0) is 5.56 Å². The molecule has 0 radical (unpaired) electrons. The molecule has 1 rings (SSSR count). The SMILES string of the molecule is C=CCS(=O)(=O)Cc1cccc([N+](=O)[O-])c1. The summed E-state index contributed by atoms with van der Waals surface area (Å²) >= 11 is 0. The van der Waals surface area contributed by atoms with Gasteiger partial charge in [-0.1, -0.05) is 18.2 Å². The first-order valence-corrected chi connectivity index (χ1v) is 6.31. The van der Waals surface area contributed by atoms with E-state index in [1.54, 1.807) is 6.07 Å². The Balaban J connectivity index is 2.94. The maximum atomic E-state index is 11.4. The fourth-order valence-corrected chi connectivity index (χ4v) is 2.42. The predicted molar refractivity (Wildman–Crippen MR) is 60.8 cm³/mol. The molecule has 0 heterocycles. The molecule has 0 unspecified atom stereocenters. The zero-order chi connectivity index (χ0) is 12.2. The maximum Gasteiger partial charge on any atom is 0.269 e. The highest BCUT2D eigenvalue weighted by molar-refractivity contribution is 7.90. The summed E-state index contributed by atoms with van der Waals surface area (Å²) in [6, 6.07) is 5.61. The van der Waals surface area contributed by atoms with Crippen molar-refractivity contribution in [3.8, 4) is 0 Å². The molecule has 6 heteroatoms. The van der Waals surface area contributed by atoms with Gasteiger partial charge < -0.3 is 0 Å². The minimum Gasteiger partial charge on any atom is -0.258 e. The van der Waals surface area contributed by atoms with Crippen LogP contribution in [-0.4, -0.2) is 19.1 Å². The first-order chi connectivity index (χ1) is 7.44. The Hall–Kier alpha value is -1.69. The van der Waals surface area contributed by atoms with Gasteiger partial charge in [-0.3, -0.25) is 10.1 Å². The summed E-state index contributed by atoms with van der Waals surface area (Å²) in [4.78, 5) is 9.93. The van der Waals surface area contributed by atoms with Gasteiger partial charge in [-0.2, -0.15) is 0 Å². The summed E-state index contributed by atoms with van der Waals surface area (Å²) in [7, 11) is -3.27. The van der Waals surface area contributed by atoms with Crippen LogP contribution in [0, 0.1) is 10.1 Å². The lowest BCUT2D eigenvalue weighted by molar-refractivity contribution is -0.384. The Morgan fingerprint density at radius 3 is 2.69 bits per heavy atom. The zero-order valence-corrected chi connectivity index (χ0v) is 9.31. The largest absolute Gasteiger partial charge is 0.269 e. The van der Waals surface area contributed by atoms with Gasteiger partial charge in [0, 0.05) is 12.1 Å². The molecule has 0 saturated heterocycles. The Kier molecular flexibility index (Phi) is 3.78. The molecular formula is C10H11NO4S. The van der Waals surface area contributed by atoms with Crippen molar-refractivity contribution >= 4 is 15.5 Å². The number of nitrogens with zero attached hydrogens (tertiary/aromatic N) is 1. The fraction of sp³-hybridized carbons (Fsp3) is 0.200. The molecule has 1 aromatic rings. The standard InChI is InChI=1S/C10H11NO4S/c1-2-6-16(14,15)8-9-4-3-5-10(7-9)11(12)13/h2-5,7H,1,6,8H2. The third kappa shape index (κ3) is 3.47. The van der Waals surface area contributed by atoms with Gasteiger partial charge in [-0.15, -0.1) is 6.58 Å². The molecule has 86 valence electrons. The highest BCUT2D eigenvalue weighted by Crippen LogP contribution is 2.15. The molecule has 0 aliphatic heterocycles. The van der Waals surface area contributed by atoms with Crippen molar-refractivity contribution in [1.29, 1.82) is 0 Å². The smallest absolute Gasteiger partial charge is 0.258 e. The monoisotopic (exact) mass is 241 g/mol. The minimum atomic E-state index is -3.27. The number of rotatable bonds is 5. The van der Waals surface area contributed by atoms with E-state index in [2.05, 4.69) is 6.58 Å². The number of non-ortho nitro benzene ring substituents is 1. The average Bonchev–Trinajstić information content (AvgIpc) is 2.17. The number of hydrogen-bond donors (Lipinski definition) is 0. The molecule has 16 heavy (non-hydrogen) atoms. The summed E-state index contributed by atoms with van der Waals surface area (Å²) < 4.78 is 22.9. The van der Waals surface area contributed by atoms with Gasteiger partial charge in [0.15, 0.2) is 9.84 Å². The summed E-state index contributed by atoms with van der Waals surface area (Å²) in [5, 5.41) is 10.5. The van der Waals surface area contributed by atoms with E-state index in [1.807, 2.05) is 0 Å².